The minimum absolute atomic E-state index is 0.729. The zero-order valence-electron chi connectivity index (χ0n) is 13.0. The normalized spacial score (nSPS) is 14.3. The summed E-state index contributed by atoms with van der Waals surface area (Å²) in [5, 5.41) is 18.1. The van der Waals surface area contributed by atoms with Crippen LogP contribution in [-0.4, -0.2) is 73.5 Å². The van der Waals surface area contributed by atoms with Crippen molar-refractivity contribution in [2.45, 2.75) is 0 Å². The van der Waals surface area contributed by atoms with Gasteiger partial charge in [0, 0.05) is 38.8 Å². The zero-order chi connectivity index (χ0) is 17.1. The molecule has 0 aromatic heterocycles. The molecular formula is C15H22N2O6. The van der Waals surface area contributed by atoms with Crippen molar-refractivity contribution in [3.63, 3.8) is 0 Å². The number of nitrogens with one attached hydrogen (secondary N) is 1. The molecule has 1 aromatic rings. The van der Waals surface area contributed by atoms with Crippen LogP contribution in [0.2, 0.25) is 0 Å². The summed E-state index contributed by atoms with van der Waals surface area (Å²) >= 11 is 0. The number of carboxylic acids is 2. The van der Waals surface area contributed by atoms with Crippen molar-refractivity contribution in [2.24, 2.45) is 0 Å². The van der Waals surface area contributed by atoms with E-state index in [9.17, 15) is 0 Å². The predicted molar refractivity (Wildman–Crippen MR) is 83.1 cm³/mol. The molecule has 128 valence electrons. The van der Waals surface area contributed by atoms with Crippen LogP contribution in [0.5, 0.6) is 11.5 Å². The van der Waals surface area contributed by atoms with Crippen molar-refractivity contribution in [1.29, 1.82) is 0 Å². The second-order valence-electron chi connectivity index (χ2n) is 4.73. The lowest BCUT2D eigenvalue weighted by atomic mass is 10.3. The summed E-state index contributed by atoms with van der Waals surface area (Å²) in [5.74, 6) is -1.94. The van der Waals surface area contributed by atoms with E-state index < -0.39 is 11.9 Å². The van der Waals surface area contributed by atoms with Crippen LogP contribution in [0.4, 0.5) is 0 Å². The molecule has 1 aliphatic rings. The molecule has 1 heterocycles. The summed E-state index contributed by atoms with van der Waals surface area (Å²) in [6, 6.07) is 7.74. The number of methoxy groups -OCH3 is 1. The molecule has 0 radical (unpaired) electrons. The van der Waals surface area contributed by atoms with Gasteiger partial charge in [-0.2, -0.15) is 0 Å². The van der Waals surface area contributed by atoms with Gasteiger partial charge in [0.25, 0.3) is 0 Å². The van der Waals surface area contributed by atoms with Crippen molar-refractivity contribution < 1.29 is 29.3 Å². The number of ether oxygens (including phenoxy) is 2. The van der Waals surface area contributed by atoms with Gasteiger partial charge in [0.15, 0.2) is 0 Å². The van der Waals surface area contributed by atoms with Gasteiger partial charge in [-0.15, -0.1) is 0 Å². The Morgan fingerprint density at radius 3 is 2.35 bits per heavy atom. The monoisotopic (exact) mass is 326 g/mol. The molecule has 0 saturated carbocycles. The highest BCUT2D eigenvalue weighted by atomic mass is 16.5. The van der Waals surface area contributed by atoms with Gasteiger partial charge in [0.05, 0.1) is 7.11 Å². The summed E-state index contributed by atoms with van der Waals surface area (Å²) in [6.45, 7) is 6.10. The van der Waals surface area contributed by atoms with Crippen molar-refractivity contribution in [3.05, 3.63) is 24.3 Å². The zero-order valence-corrected chi connectivity index (χ0v) is 13.0. The summed E-state index contributed by atoms with van der Waals surface area (Å²) in [4.78, 5) is 20.6. The standard InChI is InChI=1S/C13H20N2O2.C2H2O4/c1-16-12-3-2-4-13(11-12)17-10-9-15-7-5-14-6-8-15;3-1(4)2(5)6/h2-4,11,14H,5-10H2,1H3;(H,3,4)(H,5,6). The number of aliphatic carboxylic acids is 2. The van der Waals surface area contributed by atoms with Gasteiger partial charge >= 0.3 is 11.9 Å². The first-order valence-electron chi connectivity index (χ1n) is 7.19. The highest BCUT2D eigenvalue weighted by Gasteiger charge is 2.08. The quantitative estimate of drug-likeness (QED) is 0.656. The lowest BCUT2D eigenvalue weighted by Gasteiger charge is -2.26. The topological polar surface area (TPSA) is 108 Å². The van der Waals surface area contributed by atoms with Crippen molar-refractivity contribution in [3.8, 4) is 11.5 Å². The molecule has 23 heavy (non-hydrogen) atoms. The minimum atomic E-state index is -1.82. The first-order chi connectivity index (χ1) is 11.0. The fraction of sp³-hybridized carbons (Fsp3) is 0.467. The third kappa shape index (κ3) is 8.03. The molecule has 0 bridgehead atoms. The lowest BCUT2D eigenvalue weighted by Crippen LogP contribution is -2.44. The second kappa shape index (κ2) is 10.4. The number of piperazine rings is 1. The van der Waals surface area contributed by atoms with Crippen LogP contribution in [0.1, 0.15) is 0 Å². The molecule has 0 spiro atoms. The number of carbonyl (C=O) groups is 2. The maximum Gasteiger partial charge on any atom is 0.414 e. The van der Waals surface area contributed by atoms with Crippen LogP contribution in [0.25, 0.3) is 0 Å². The van der Waals surface area contributed by atoms with E-state index in [0.29, 0.717) is 0 Å². The summed E-state index contributed by atoms with van der Waals surface area (Å²) in [5.41, 5.74) is 0. The fourth-order valence-electron chi connectivity index (χ4n) is 1.92. The van der Waals surface area contributed by atoms with E-state index in [1.165, 1.54) is 0 Å². The summed E-state index contributed by atoms with van der Waals surface area (Å²) in [6.07, 6.45) is 0. The van der Waals surface area contributed by atoms with E-state index in [1.54, 1.807) is 7.11 Å². The molecule has 2 rings (SSSR count). The Morgan fingerprint density at radius 1 is 1.17 bits per heavy atom. The predicted octanol–water partition coefficient (Wildman–Crippen LogP) is 0.135. The summed E-state index contributed by atoms with van der Waals surface area (Å²) in [7, 11) is 1.67. The van der Waals surface area contributed by atoms with E-state index in [2.05, 4.69) is 10.2 Å². The largest absolute Gasteiger partial charge is 0.497 e. The Hall–Kier alpha value is -2.32. The molecule has 0 aliphatic carbocycles. The number of hydrogen-bond acceptors (Lipinski definition) is 6. The molecule has 0 unspecified atom stereocenters. The van der Waals surface area contributed by atoms with Crippen LogP contribution < -0.4 is 14.8 Å². The third-order valence-electron chi connectivity index (χ3n) is 3.11. The first-order valence-corrected chi connectivity index (χ1v) is 7.19. The Labute approximate surface area is 134 Å². The van der Waals surface area contributed by atoms with Crippen LogP contribution in [0.3, 0.4) is 0 Å². The van der Waals surface area contributed by atoms with E-state index in [0.717, 1.165) is 50.8 Å². The maximum atomic E-state index is 9.10. The lowest BCUT2D eigenvalue weighted by molar-refractivity contribution is -0.159. The highest BCUT2D eigenvalue weighted by Crippen LogP contribution is 2.18. The molecule has 0 amide bonds. The summed E-state index contributed by atoms with van der Waals surface area (Å²) < 4.78 is 10.9. The van der Waals surface area contributed by atoms with Gasteiger partial charge in [0.2, 0.25) is 0 Å². The molecule has 1 aliphatic heterocycles. The Balaban J connectivity index is 0.000000379. The molecule has 1 aromatic carbocycles. The van der Waals surface area contributed by atoms with Crippen LogP contribution in [-0.2, 0) is 9.59 Å². The molecule has 1 saturated heterocycles. The highest BCUT2D eigenvalue weighted by molar-refractivity contribution is 6.27. The first kappa shape index (κ1) is 18.7. The molecule has 1 fully saturated rings. The smallest absolute Gasteiger partial charge is 0.414 e. The van der Waals surface area contributed by atoms with E-state index in [-0.39, 0.29) is 0 Å². The molecule has 8 nitrogen and oxygen atoms in total. The molecule has 8 heteroatoms. The van der Waals surface area contributed by atoms with Crippen molar-refractivity contribution in [2.75, 3.05) is 46.4 Å². The van der Waals surface area contributed by atoms with E-state index in [4.69, 9.17) is 29.3 Å². The van der Waals surface area contributed by atoms with Gasteiger partial charge in [-0.1, -0.05) is 6.07 Å². The molecule has 0 atom stereocenters. The number of benzene rings is 1. The Bertz CT molecular complexity index is 490. The number of rotatable bonds is 5. The van der Waals surface area contributed by atoms with Gasteiger partial charge in [-0.25, -0.2) is 9.59 Å². The van der Waals surface area contributed by atoms with Crippen molar-refractivity contribution in [1.82, 2.24) is 10.2 Å². The van der Waals surface area contributed by atoms with Gasteiger partial charge in [-0.3, -0.25) is 4.90 Å². The van der Waals surface area contributed by atoms with Crippen LogP contribution in [0.15, 0.2) is 24.3 Å². The van der Waals surface area contributed by atoms with Gasteiger partial charge in [-0.05, 0) is 12.1 Å². The van der Waals surface area contributed by atoms with E-state index in [1.807, 2.05) is 24.3 Å². The van der Waals surface area contributed by atoms with E-state index >= 15 is 0 Å². The van der Waals surface area contributed by atoms with Gasteiger partial charge < -0.3 is 25.0 Å². The van der Waals surface area contributed by atoms with Crippen LogP contribution >= 0.6 is 0 Å². The maximum absolute atomic E-state index is 9.10. The molecular weight excluding hydrogens is 304 g/mol. The SMILES string of the molecule is COc1cccc(OCCN2CCNCC2)c1.O=C(O)C(=O)O. The average molecular weight is 326 g/mol. The second-order valence-corrected chi connectivity index (χ2v) is 4.73. The van der Waals surface area contributed by atoms with Gasteiger partial charge in [0.1, 0.15) is 18.1 Å². The Morgan fingerprint density at radius 2 is 1.78 bits per heavy atom. The number of carboxylic acid groups (broad SMARTS) is 2. The molecule has 3 N–H and O–H groups in total. The minimum Gasteiger partial charge on any atom is -0.497 e. The average Bonchev–Trinajstić information content (AvgIpc) is 2.56. The van der Waals surface area contributed by atoms with Crippen molar-refractivity contribution >= 4 is 11.9 Å². The third-order valence-corrected chi connectivity index (χ3v) is 3.11. The fourth-order valence-corrected chi connectivity index (χ4v) is 1.92. The van der Waals surface area contributed by atoms with Crippen LogP contribution in [0, 0.1) is 0 Å². The number of nitrogens with zero attached hydrogens (tertiary/aromatic N) is 1. The number of hydrogen-bond donors (Lipinski definition) is 3. The Kier molecular flexibility index (Phi) is 8.48.